The molecule has 0 unspecified atom stereocenters. The molecule has 2 aromatic rings. The second kappa shape index (κ2) is 7.72. The van der Waals surface area contributed by atoms with Crippen LogP contribution in [0.5, 0.6) is 5.75 Å². The lowest BCUT2D eigenvalue weighted by Gasteiger charge is -2.35. The van der Waals surface area contributed by atoms with Crippen LogP contribution in [0.15, 0.2) is 24.3 Å². The highest BCUT2D eigenvalue weighted by atomic mass is 16.5. The minimum absolute atomic E-state index is 0.0346. The van der Waals surface area contributed by atoms with Gasteiger partial charge >= 0.3 is 0 Å². The van der Waals surface area contributed by atoms with Crippen LogP contribution in [0.2, 0.25) is 0 Å². The minimum Gasteiger partial charge on any atom is -0.497 e. The molecule has 1 saturated heterocycles. The van der Waals surface area contributed by atoms with Crippen molar-refractivity contribution in [2.45, 2.75) is 45.2 Å². The topological polar surface area (TPSA) is 61.5 Å². The number of fused-ring (bicyclic) bond motifs is 1. The average molecular weight is 368 g/mol. The van der Waals surface area contributed by atoms with Gasteiger partial charge in [0.25, 0.3) is 0 Å². The van der Waals surface area contributed by atoms with Gasteiger partial charge in [-0.05, 0) is 45.0 Å². The second-order valence-electron chi connectivity index (χ2n) is 7.53. The van der Waals surface area contributed by atoms with Gasteiger partial charge in [0.15, 0.2) is 0 Å². The van der Waals surface area contributed by atoms with Gasteiger partial charge in [-0.1, -0.05) is 18.6 Å². The van der Waals surface area contributed by atoms with Gasteiger partial charge in [-0.15, -0.1) is 0 Å². The third-order valence-corrected chi connectivity index (χ3v) is 5.78. The minimum atomic E-state index is -0.0346. The number of rotatable bonds is 4. The lowest BCUT2D eigenvalue weighted by Crippen LogP contribution is -2.49. The Labute approximate surface area is 160 Å². The van der Waals surface area contributed by atoms with Gasteiger partial charge in [0.2, 0.25) is 5.91 Å². The summed E-state index contributed by atoms with van der Waals surface area (Å²) in [6.07, 6.45) is 4.48. The van der Waals surface area contributed by atoms with E-state index in [-0.39, 0.29) is 11.9 Å². The first-order valence-electron chi connectivity index (χ1n) is 9.90. The van der Waals surface area contributed by atoms with E-state index in [9.17, 15) is 4.79 Å². The first-order chi connectivity index (χ1) is 13.2. The van der Waals surface area contributed by atoms with Gasteiger partial charge in [-0.25, -0.2) is 4.98 Å². The summed E-state index contributed by atoms with van der Waals surface area (Å²) < 4.78 is 5.31. The molecule has 1 amide bonds. The summed E-state index contributed by atoms with van der Waals surface area (Å²) in [7, 11) is 1.67. The molecule has 0 bridgehead atoms. The van der Waals surface area contributed by atoms with Crippen molar-refractivity contribution >= 4 is 5.91 Å². The number of carbonyl (C=O) groups excluding carboxylic acids is 1. The van der Waals surface area contributed by atoms with Crippen LogP contribution in [0, 0.1) is 0 Å². The Bertz CT molecular complexity index is 810. The number of aromatic amines is 1. The fourth-order valence-electron chi connectivity index (χ4n) is 4.12. The summed E-state index contributed by atoms with van der Waals surface area (Å²) in [5.41, 5.74) is 3.13. The first-order valence-corrected chi connectivity index (χ1v) is 9.90. The number of imidazole rings is 1. The number of hydrogen-bond acceptors (Lipinski definition) is 4. The van der Waals surface area contributed by atoms with Crippen molar-refractivity contribution in [1.29, 1.82) is 0 Å². The number of likely N-dealkylation sites (tertiary alicyclic amines) is 1. The van der Waals surface area contributed by atoms with Crippen LogP contribution in [0.4, 0.5) is 0 Å². The van der Waals surface area contributed by atoms with Crippen molar-refractivity contribution in [3.63, 3.8) is 0 Å². The number of H-pyrrole nitrogens is 1. The van der Waals surface area contributed by atoms with E-state index in [1.165, 1.54) is 19.3 Å². The lowest BCUT2D eigenvalue weighted by molar-refractivity contribution is -0.137. The highest BCUT2D eigenvalue weighted by molar-refractivity contribution is 5.81. The molecule has 0 aliphatic carbocycles. The Morgan fingerprint density at radius 2 is 2.04 bits per heavy atom. The molecule has 1 aromatic heterocycles. The monoisotopic (exact) mass is 368 g/mol. The van der Waals surface area contributed by atoms with Gasteiger partial charge in [-0.3, -0.25) is 9.69 Å². The maximum absolute atomic E-state index is 13.0. The van der Waals surface area contributed by atoms with Gasteiger partial charge in [0.05, 0.1) is 31.1 Å². The normalized spacial score (nSPS) is 18.8. The van der Waals surface area contributed by atoms with E-state index in [0.29, 0.717) is 6.54 Å². The zero-order chi connectivity index (χ0) is 18.8. The van der Waals surface area contributed by atoms with Crippen LogP contribution in [0.25, 0.3) is 11.4 Å². The highest BCUT2D eigenvalue weighted by Gasteiger charge is 2.30. The number of piperidine rings is 1. The molecular weight excluding hydrogens is 340 g/mol. The third-order valence-electron chi connectivity index (χ3n) is 5.78. The molecule has 2 aliphatic rings. The van der Waals surface area contributed by atoms with Crippen LogP contribution in [0.1, 0.15) is 37.6 Å². The quantitative estimate of drug-likeness (QED) is 0.901. The second-order valence-corrected chi connectivity index (χ2v) is 7.53. The summed E-state index contributed by atoms with van der Waals surface area (Å²) in [6, 6.07) is 7.85. The van der Waals surface area contributed by atoms with E-state index >= 15 is 0 Å². The predicted octanol–water partition coefficient (Wildman–Crippen LogP) is 2.84. The maximum Gasteiger partial charge on any atom is 0.240 e. The summed E-state index contributed by atoms with van der Waals surface area (Å²) in [5, 5.41) is 0. The molecule has 144 valence electrons. The lowest BCUT2D eigenvalue weighted by atomic mass is 10.1. The van der Waals surface area contributed by atoms with Crippen molar-refractivity contribution in [2.75, 3.05) is 26.7 Å². The number of aromatic nitrogens is 2. The number of hydrogen-bond donors (Lipinski definition) is 1. The van der Waals surface area contributed by atoms with E-state index < -0.39 is 0 Å². The Balaban J connectivity index is 1.48. The molecule has 6 heteroatoms. The fraction of sp³-hybridized carbons (Fsp3) is 0.524. The summed E-state index contributed by atoms with van der Waals surface area (Å²) in [6.45, 7) is 5.49. The molecule has 0 radical (unpaired) electrons. The number of nitrogens with zero attached hydrogens (tertiary/aromatic N) is 3. The van der Waals surface area contributed by atoms with Gasteiger partial charge in [0.1, 0.15) is 11.6 Å². The summed E-state index contributed by atoms with van der Waals surface area (Å²) in [4.78, 5) is 25.5. The molecule has 4 rings (SSSR count). The molecule has 2 aliphatic heterocycles. The number of carbonyl (C=O) groups is 1. The van der Waals surface area contributed by atoms with Crippen LogP contribution in [-0.4, -0.2) is 58.5 Å². The first kappa shape index (κ1) is 18.0. The largest absolute Gasteiger partial charge is 0.497 e. The Morgan fingerprint density at radius 1 is 1.22 bits per heavy atom. The number of ether oxygens (including phenoxy) is 1. The average Bonchev–Trinajstić information content (AvgIpc) is 3.17. The third kappa shape index (κ3) is 3.72. The maximum atomic E-state index is 13.0. The molecule has 1 fully saturated rings. The van der Waals surface area contributed by atoms with Crippen LogP contribution in [0.3, 0.4) is 0 Å². The molecule has 1 aromatic carbocycles. The Kier molecular flexibility index (Phi) is 5.16. The molecule has 27 heavy (non-hydrogen) atoms. The smallest absolute Gasteiger partial charge is 0.240 e. The van der Waals surface area contributed by atoms with E-state index in [4.69, 9.17) is 9.72 Å². The zero-order valence-electron chi connectivity index (χ0n) is 16.2. The Hall–Kier alpha value is -2.34. The summed E-state index contributed by atoms with van der Waals surface area (Å²) >= 11 is 0. The molecular formula is C21H28N4O2. The molecule has 3 heterocycles. The summed E-state index contributed by atoms with van der Waals surface area (Å²) in [5.74, 6) is 1.89. The molecule has 0 saturated carbocycles. The molecule has 0 spiro atoms. The number of methoxy groups -OCH3 is 1. The van der Waals surface area contributed by atoms with Crippen LogP contribution >= 0.6 is 0 Å². The van der Waals surface area contributed by atoms with Crippen LogP contribution < -0.4 is 4.74 Å². The number of amides is 1. The number of nitrogens with one attached hydrogen (secondary N) is 1. The van der Waals surface area contributed by atoms with Crippen LogP contribution in [-0.2, 0) is 17.8 Å². The van der Waals surface area contributed by atoms with Crippen molar-refractivity contribution < 1.29 is 9.53 Å². The van der Waals surface area contributed by atoms with E-state index in [1.807, 2.05) is 29.2 Å². The number of benzene rings is 1. The van der Waals surface area contributed by atoms with Crippen molar-refractivity contribution in [1.82, 2.24) is 19.8 Å². The Morgan fingerprint density at radius 3 is 2.81 bits per heavy atom. The van der Waals surface area contributed by atoms with Gasteiger partial charge in [-0.2, -0.15) is 0 Å². The van der Waals surface area contributed by atoms with E-state index in [0.717, 1.165) is 54.6 Å². The fourth-order valence-corrected chi connectivity index (χ4v) is 4.12. The van der Waals surface area contributed by atoms with Gasteiger partial charge < -0.3 is 14.6 Å². The van der Waals surface area contributed by atoms with Crippen molar-refractivity contribution in [2.24, 2.45) is 0 Å². The van der Waals surface area contributed by atoms with Gasteiger partial charge in [0, 0.05) is 18.5 Å². The predicted molar refractivity (Wildman–Crippen MR) is 105 cm³/mol. The highest BCUT2D eigenvalue weighted by Crippen LogP contribution is 2.26. The van der Waals surface area contributed by atoms with E-state index in [1.54, 1.807) is 7.11 Å². The standard InChI is InChI=1S/C21H28N4O2/c1-15(24-10-4-3-5-11-24)21(26)25-12-9-18-19(14-25)23-20(22-18)16-7-6-8-17(13-16)27-2/h6-8,13,15H,3-5,9-12,14H2,1-2H3,(H,22,23)/t15-/m1/s1. The molecule has 1 atom stereocenters. The molecule has 6 nitrogen and oxygen atoms in total. The van der Waals surface area contributed by atoms with Crippen molar-refractivity contribution in [3.8, 4) is 17.1 Å². The molecule has 1 N–H and O–H groups in total. The van der Waals surface area contributed by atoms with Crippen molar-refractivity contribution in [3.05, 3.63) is 35.7 Å². The zero-order valence-corrected chi connectivity index (χ0v) is 16.2. The van der Waals surface area contributed by atoms with E-state index in [2.05, 4.69) is 16.8 Å². The SMILES string of the molecule is COc1cccc(-c2nc3c([nH]2)CN(C(=O)[C@@H](C)N2CCCCC2)CC3)c1.